The van der Waals surface area contributed by atoms with Crippen LogP contribution < -0.4 is 5.32 Å². The second-order valence-corrected chi connectivity index (χ2v) is 5.04. The van der Waals surface area contributed by atoms with Crippen LogP contribution in [0.1, 0.15) is 16.9 Å². The summed E-state index contributed by atoms with van der Waals surface area (Å²) in [6.45, 7) is 0.916. The van der Waals surface area contributed by atoms with Gasteiger partial charge in [-0.25, -0.2) is 14.8 Å². The van der Waals surface area contributed by atoms with Crippen molar-refractivity contribution in [3.63, 3.8) is 0 Å². The highest BCUT2D eigenvalue weighted by atomic mass is 32.2. The quantitative estimate of drug-likeness (QED) is 0.819. The van der Waals surface area contributed by atoms with Crippen molar-refractivity contribution in [2.75, 3.05) is 30.5 Å². The standard InChI is InChI=1S/C11H15N3O2S/c1-16-11(15)9-5-14-10(6-12-9)13-4-8-2-3-17-7-8/h5-6,8H,2-4,7H2,1H3,(H,13,14). The molecule has 1 aromatic rings. The van der Waals surface area contributed by atoms with Crippen molar-refractivity contribution >= 4 is 23.5 Å². The van der Waals surface area contributed by atoms with Gasteiger partial charge in [0, 0.05) is 6.54 Å². The summed E-state index contributed by atoms with van der Waals surface area (Å²) in [5.74, 6) is 3.41. The molecule has 1 aliphatic heterocycles. The lowest BCUT2D eigenvalue weighted by atomic mass is 10.1. The average Bonchev–Trinajstić information content (AvgIpc) is 2.89. The van der Waals surface area contributed by atoms with Crippen molar-refractivity contribution in [2.45, 2.75) is 6.42 Å². The predicted molar refractivity (Wildman–Crippen MR) is 67.3 cm³/mol. The van der Waals surface area contributed by atoms with Gasteiger partial charge in [-0.05, 0) is 23.8 Å². The number of nitrogens with one attached hydrogen (secondary N) is 1. The third-order valence-electron chi connectivity index (χ3n) is 2.64. The van der Waals surface area contributed by atoms with E-state index in [9.17, 15) is 4.79 Å². The number of carbonyl (C=O) groups is 1. The molecule has 5 nitrogen and oxygen atoms in total. The minimum Gasteiger partial charge on any atom is -0.464 e. The highest BCUT2D eigenvalue weighted by Crippen LogP contribution is 2.23. The molecule has 0 amide bonds. The van der Waals surface area contributed by atoms with Gasteiger partial charge in [0.2, 0.25) is 0 Å². The summed E-state index contributed by atoms with van der Waals surface area (Å²) in [6, 6.07) is 0. The zero-order valence-corrected chi connectivity index (χ0v) is 10.5. The molecule has 2 rings (SSSR count). The molecule has 0 aliphatic carbocycles. The molecule has 1 saturated heterocycles. The van der Waals surface area contributed by atoms with Crippen LogP contribution in [0, 0.1) is 5.92 Å². The molecule has 1 aliphatic rings. The normalized spacial score (nSPS) is 19.0. The topological polar surface area (TPSA) is 64.1 Å². The van der Waals surface area contributed by atoms with Crippen LogP contribution in [0.4, 0.5) is 5.82 Å². The largest absolute Gasteiger partial charge is 0.464 e. The molecular weight excluding hydrogens is 238 g/mol. The average molecular weight is 253 g/mol. The van der Waals surface area contributed by atoms with Crippen LogP contribution in [0.3, 0.4) is 0 Å². The van der Waals surface area contributed by atoms with Crippen molar-refractivity contribution in [1.82, 2.24) is 9.97 Å². The zero-order chi connectivity index (χ0) is 12.1. The van der Waals surface area contributed by atoms with Gasteiger partial charge in [-0.2, -0.15) is 11.8 Å². The van der Waals surface area contributed by atoms with Gasteiger partial charge >= 0.3 is 5.97 Å². The molecule has 1 unspecified atom stereocenters. The Balaban J connectivity index is 1.87. The van der Waals surface area contributed by atoms with Crippen LogP contribution in [0.25, 0.3) is 0 Å². The SMILES string of the molecule is COC(=O)c1cnc(NCC2CCSC2)cn1. The van der Waals surface area contributed by atoms with Crippen LogP contribution in [-0.2, 0) is 4.74 Å². The first-order chi connectivity index (χ1) is 8.29. The van der Waals surface area contributed by atoms with Gasteiger partial charge < -0.3 is 10.1 Å². The van der Waals surface area contributed by atoms with Crippen molar-refractivity contribution in [3.05, 3.63) is 18.1 Å². The molecule has 1 atom stereocenters. The molecule has 2 heterocycles. The van der Waals surface area contributed by atoms with Crippen LogP contribution in [0.5, 0.6) is 0 Å². The smallest absolute Gasteiger partial charge is 0.358 e. The van der Waals surface area contributed by atoms with Crippen LogP contribution in [0.15, 0.2) is 12.4 Å². The maximum absolute atomic E-state index is 11.1. The number of esters is 1. The maximum atomic E-state index is 11.1. The van der Waals surface area contributed by atoms with Crippen LogP contribution in [-0.4, -0.2) is 41.1 Å². The third kappa shape index (κ3) is 3.33. The van der Waals surface area contributed by atoms with Gasteiger partial charge in [0.15, 0.2) is 5.69 Å². The first-order valence-corrected chi connectivity index (χ1v) is 6.67. The molecule has 1 fully saturated rings. The number of anilines is 1. The van der Waals surface area contributed by atoms with Crippen molar-refractivity contribution < 1.29 is 9.53 Å². The number of hydrogen-bond donors (Lipinski definition) is 1. The van der Waals surface area contributed by atoms with Gasteiger partial charge in [-0.15, -0.1) is 0 Å². The summed E-state index contributed by atoms with van der Waals surface area (Å²) < 4.78 is 4.55. The number of nitrogens with zero attached hydrogens (tertiary/aromatic N) is 2. The van der Waals surface area contributed by atoms with E-state index in [4.69, 9.17) is 0 Å². The van der Waals surface area contributed by atoms with Gasteiger partial charge in [0.25, 0.3) is 0 Å². The molecule has 92 valence electrons. The summed E-state index contributed by atoms with van der Waals surface area (Å²) in [6.07, 6.45) is 4.25. The fourth-order valence-corrected chi connectivity index (χ4v) is 2.91. The van der Waals surface area contributed by atoms with Crippen molar-refractivity contribution in [3.8, 4) is 0 Å². The van der Waals surface area contributed by atoms with E-state index in [2.05, 4.69) is 20.0 Å². The number of hydrogen-bond acceptors (Lipinski definition) is 6. The fourth-order valence-electron chi connectivity index (χ4n) is 1.62. The Morgan fingerprint density at radius 1 is 1.59 bits per heavy atom. The maximum Gasteiger partial charge on any atom is 0.358 e. The minimum atomic E-state index is -0.462. The molecule has 1 N–H and O–H groups in total. The number of carbonyl (C=O) groups excluding carboxylic acids is 1. The van der Waals surface area contributed by atoms with E-state index in [1.54, 1.807) is 6.20 Å². The Hall–Kier alpha value is -1.30. The summed E-state index contributed by atoms with van der Waals surface area (Å²) in [5.41, 5.74) is 0.231. The summed E-state index contributed by atoms with van der Waals surface area (Å²) in [7, 11) is 1.33. The van der Waals surface area contributed by atoms with E-state index in [1.165, 1.54) is 31.2 Å². The van der Waals surface area contributed by atoms with Gasteiger partial charge in [0.05, 0.1) is 19.5 Å². The van der Waals surface area contributed by atoms with E-state index in [0.29, 0.717) is 11.7 Å². The Morgan fingerprint density at radius 3 is 3.06 bits per heavy atom. The lowest BCUT2D eigenvalue weighted by Gasteiger charge is -2.10. The van der Waals surface area contributed by atoms with Gasteiger partial charge in [0.1, 0.15) is 5.82 Å². The second-order valence-electron chi connectivity index (χ2n) is 3.89. The van der Waals surface area contributed by atoms with E-state index in [1.807, 2.05) is 11.8 Å². The highest BCUT2D eigenvalue weighted by molar-refractivity contribution is 7.99. The number of methoxy groups -OCH3 is 1. The third-order valence-corrected chi connectivity index (χ3v) is 3.87. The number of aromatic nitrogens is 2. The number of ether oxygens (including phenoxy) is 1. The Labute approximate surface area is 104 Å². The summed E-state index contributed by atoms with van der Waals surface area (Å²) in [5, 5.41) is 3.23. The predicted octanol–water partition coefficient (Wildman–Crippen LogP) is 1.43. The van der Waals surface area contributed by atoms with Crippen LogP contribution in [0.2, 0.25) is 0 Å². The molecule has 0 spiro atoms. The first-order valence-electron chi connectivity index (χ1n) is 5.51. The van der Waals surface area contributed by atoms with E-state index < -0.39 is 5.97 Å². The summed E-state index contributed by atoms with van der Waals surface area (Å²) in [4.78, 5) is 19.3. The Morgan fingerprint density at radius 2 is 2.47 bits per heavy atom. The molecule has 0 radical (unpaired) electrons. The van der Waals surface area contributed by atoms with Crippen LogP contribution >= 0.6 is 11.8 Å². The molecule has 0 bridgehead atoms. The van der Waals surface area contributed by atoms with Gasteiger partial charge in [-0.3, -0.25) is 0 Å². The summed E-state index contributed by atoms with van der Waals surface area (Å²) >= 11 is 1.99. The highest BCUT2D eigenvalue weighted by Gasteiger charge is 2.15. The molecular formula is C11H15N3O2S. The second kappa shape index (κ2) is 5.86. The first kappa shape index (κ1) is 12.2. The lowest BCUT2D eigenvalue weighted by Crippen LogP contribution is -2.15. The molecule has 0 saturated carbocycles. The van der Waals surface area contributed by atoms with Gasteiger partial charge in [-0.1, -0.05) is 0 Å². The number of rotatable bonds is 4. The van der Waals surface area contributed by atoms with Crippen molar-refractivity contribution in [1.29, 1.82) is 0 Å². The zero-order valence-electron chi connectivity index (χ0n) is 9.68. The molecule has 1 aromatic heterocycles. The Bertz CT molecular complexity index is 377. The van der Waals surface area contributed by atoms with E-state index >= 15 is 0 Å². The van der Waals surface area contributed by atoms with E-state index in [0.717, 1.165) is 6.54 Å². The minimum absolute atomic E-state index is 0.231. The van der Waals surface area contributed by atoms with E-state index in [-0.39, 0.29) is 5.69 Å². The molecule has 6 heteroatoms. The fraction of sp³-hybridized carbons (Fsp3) is 0.545. The monoisotopic (exact) mass is 253 g/mol. The number of thioether (sulfide) groups is 1. The lowest BCUT2D eigenvalue weighted by molar-refractivity contribution is 0.0593. The molecule has 17 heavy (non-hydrogen) atoms. The molecule has 0 aromatic carbocycles. The van der Waals surface area contributed by atoms with Crippen molar-refractivity contribution in [2.24, 2.45) is 5.92 Å². The Kier molecular flexibility index (Phi) is 4.19.